The molecule has 1 heterocycles. The fourth-order valence-corrected chi connectivity index (χ4v) is 3.32. The van der Waals surface area contributed by atoms with Crippen LogP contribution in [0.2, 0.25) is 0 Å². The molecule has 6 nitrogen and oxygen atoms in total. The van der Waals surface area contributed by atoms with Crippen LogP contribution in [0.4, 0.5) is 0 Å². The number of amides is 1. The van der Waals surface area contributed by atoms with Gasteiger partial charge in [0.2, 0.25) is 10.0 Å². The molecular weight excluding hydrogens is 352 g/mol. The highest BCUT2D eigenvalue weighted by atomic mass is 32.2. The van der Waals surface area contributed by atoms with E-state index in [-0.39, 0.29) is 23.5 Å². The minimum absolute atomic E-state index is 0.0439. The quantitative estimate of drug-likeness (QED) is 0.892. The average Bonchev–Trinajstić information content (AvgIpc) is 2.65. The van der Waals surface area contributed by atoms with Crippen molar-refractivity contribution < 1.29 is 17.9 Å². The van der Waals surface area contributed by atoms with Crippen molar-refractivity contribution in [3.8, 4) is 5.75 Å². The number of benzene rings is 2. The molecule has 0 bridgehead atoms. The molecule has 0 fully saturated rings. The van der Waals surface area contributed by atoms with E-state index < -0.39 is 10.0 Å². The third-order valence-corrected chi connectivity index (χ3v) is 5.43. The highest BCUT2D eigenvalue weighted by Gasteiger charge is 2.24. The van der Waals surface area contributed by atoms with Crippen LogP contribution in [0.1, 0.15) is 24.1 Å². The van der Waals surface area contributed by atoms with Gasteiger partial charge in [0.25, 0.3) is 5.91 Å². The van der Waals surface area contributed by atoms with Gasteiger partial charge in [-0.05, 0) is 36.8 Å². The Hall–Kier alpha value is -2.64. The summed E-state index contributed by atoms with van der Waals surface area (Å²) in [5.74, 6) is 0.626. The summed E-state index contributed by atoms with van der Waals surface area (Å²) in [6, 6.07) is 13.5. The third-order valence-electron chi connectivity index (χ3n) is 4.50. The number of hydrogen-bond acceptors (Lipinski definition) is 4. The number of rotatable bonds is 4. The van der Waals surface area contributed by atoms with E-state index in [0.29, 0.717) is 5.57 Å². The van der Waals surface area contributed by atoms with E-state index in [0.717, 1.165) is 16.9 Å². The fourth-order valence-electron chi connectivity index (χ4n) is 2.80. The Morgan fingerprint density at radius 2 is 1.81 bits per heavy atom. The van der Waals surface area contributed by atoms with Gasteiger partial charge in [0.15, 0.2) is 0 Å². The van der Waals surface area contributed by atoms with Gasteiger partial charge < -0.3 is 9.64 Å². The molecule has 0 saturated carbocycles. The Kier molecular flexibility index (Phi) is 4.84. The van der Waals surface area contributed by atoms with Gasteiger partial charge in [-0.15, -0.1) is 0 Å². The predicted octanol–water partition coefficient (Wildman–Crippen LogP) is 2.33. The Morgan fingerprint density at radius 3 is 2.46 bits per heavy atom. The first-order chi connectivity index (χ1) is 12.3. The van der Waals surface area contributed by atoms with Crippen LogP contribution in [-0.4, -0.2) is 32.9 Å². The lowest BCUT2D eigenvalue weighted by atomic mass is 10.0. The van der Waals surface area contributed by atoms with E-state index in [2.05, 4.69) is 0 Å². The number of ether oxygens (including phenoxy) is 1. The molecule has 2 aromatic carbocycles. The molecule has 0 spiro atoms. The lowest BCUT2D eigenvalue weighted by Gasteiger charge is -2.28. The summed E-state index contributed by atoms with van der Waals surface area (Å²) in [6.07, 6.45) is 1.84. The van der Waals surface area contributed by atoms with Crippen LogP contribution >= 0.6 is 0 Å². The number of likely N-dealkylation sites (N-methyl/N-ethyl adjacent to an activating group) is 1. The minimum Gasteiger partial charge on any atom is -0.488 e. The predicted molar refractivity (Wildman–Crippen MR) is 98.9 cm³/mol. The van der Waals surface area contributed by atoms with Gasteiger partial charge >= 0.3 is 0 Å². The molecule has 0 aromatic heterocycles. The second-order valence-corrected chi connectivity index (χ2v) is 7.76. The molecule has 2 N–H and O–H groups in total. The smallest absolute Gasteiger partial charge is 0.253 e. The summed E-state index contributed by atoms with van der Waals surface area (Å²) < 4.78 is 28.4. The van der Waals surface area contributed by atoms with Crippen LogP contribution in [-0.2, 0) is 14.8 Å². The van der Waals surface area contributed by atoms with Crippen molar-refractivity contribution >= 4 is 22.0 Å². The summed E-state index contributed by atoms with van der Waals surface area (Å²) in [4.78, 5) is 14.5. The molecule has 7 heteroatoms. The SMILES string of the molecule is CC(c1ccc(S(N)(=O)=O)cc1)N(C)C(=O)C1=Cc2ccccc2OC1. The maximum absolute atomic E-state index is 12.8. The lowest BCUT2D eigenvalue weighted by Crippen LogP contribution is -2.33. The van der Waals surface area contributed by atoms with E-state index in [1.807, 2.05) is 37.3 Å². The highest BCUT2D eigenvalue weighted by Crippen LogP contribution is 2.28. The molecule has 1 amide bonds. The first kappa shape index (κ1) is 18.2. The molecule has 1 aliphatic heterocycles. The first-order valence-electron chi connectivity index (χ1n) is 8.09. The van der Waals surface area contributed by atoms with Crippen molar-refractivity contribution in [1.29, 1.82) is 0 Å². The maximum Gasteiger partial charge on any atom is 0.253 e. The number of fused-ring (bicyclic) bond motifs is 1. The number of primary sulfonamides is 1. The van der Waals surface area contributed by atoms with Crippen LogP contribution in [0, 0.1) is 0 Å². The summed E-state index contributed by atoms with van der Waals surface area (Å²) in [5.41, 5.74) is 2.26. The molecule has 26 heavy (non-hydrogen) atoms. The molecule has 0 radical (unpaired) electrons. The van der Waals surface area contributed by atoms with Crippen LogP contribution in [0.15, 0.2) is 59.0 Å². The largest absolute Gasteiger partial charge is 0.488 e. The van der Waals surface area contributed by atoms with E-state index in [9.17, 15) is 13.2 Å². The maximum atomic E-state index is 12.8. The lowest BCUT2D eigenvalue weighted by molar-refractivity contribution is -0.128. The van der Waals surface area contributed by atoms with Gasteiger partial charge in [0.1, 0.15) is 12.4 Å². The second kappa shape index (κ2) is 6.93. The number of sulfonamides is 1. The van der Waals surface area contributed by atoms with Crippen molar-refractivity contribution in [3.63, 3.8) is 0 Å². The molecule has 1 aliphatic rings. The van der Waals surface area contributed by atoms with Crippen LogP contribution in [0.3, 0.4) is 0 Å². The van der Waals surface area contributed by atoms with E-state index in [4.69, 9.17) is 9.88 Å². The van der Waals surface area contributed by atoms with Crippen molar-refractivity contribution in [2.45, 2.75) is 17.9 Å². The molecule has 1 atom stereocenters. The molecule has 1 unspecified atom stereocenters. The average molecular weight is 372 g/mol. The van der Waals surface area contributed by atoms with E-state index in [1.165, 1.54) is 12.1 Å². The Morgan fingerprint density at radius 1 is 1.15 bits per heavy atom. The van der Waals surface area contributed by atoms with Gasteiger partial charge in [0, 0.05) is 12.6 Å². The van der Waals surface area contributed by atoms with Gasteiger partial charge in [-0.2, -0.15) is 0 Å². The standard InChI is InChI=1S/C19H20N2O4S/c1-13(14-7-9-17(10-8-14)26(20,23)24)21(2)19(22)16-11-15-5-3-4-6-18(15)25-12-16/h3-11,13H,12H2,1-2H3,(H2,20,23,24). The van der Waals surface area contributed by atoms with Crippen LogP contribution in [0.25, 0.3) is 6.08 Å². The number of carbonyl (C=O) groups excluding carboxylic acids is 1. The number of carbonyl (C=O) groups is 1. The van der Waals surface area contributed by atoms with E-state index in [1.54, 1.807) is 24.1 Å². The molecule has 3 rings (SSSR count). The Labute approximate surface area is 152 Å². The Balaban J connectivity index is 1.79. The summed E-state index contributed by atoms with van der Waals surface area (Å²) >= 11 is 0. The summed E-state index contributed by atoms with van der Waals surface area (Å²) in [6.45, 7) is 2.10. The highest BCUT2D eigenvalue weighted by molar-refractivity contribution is 7.89. The molecule has 2 aromatic rings. The number of nitrogens with two attached hydrogens (primary N) is 1. The van der Waals surface area contributed by atoms with Crippen molar-refractivity contribution in [2.24, 2.45) is 5.14 Å². The van der Waals surface area contributed by atoms with Crippen LogP contribution < -0.4 is 9.88 Å². The fraction of sp³-hybridized carbons (Fsp3) is 0.211. The van der Waals surface area contributed by atoms with E-state index >= 15 is 0 Å². The zero-order valence-corrected chi connectivity index (χ0v) is 15.4. The monoisotopic (exact) mass is 372 g/mol. The molecular formula is C19H20N2O4S. The van der Waals surface area contributed by atoms with Crippen LogP contribution in [0.5, 0.6) is 5.75 Å². The van der Waals surface area contributed by atoms with Crippen molar-refractivity contribution in [1.82, 2.24) is 4.90 Å². The Bertz CT molecular complexity index is 965. The second-order valence-electron chi connectivity index (χ2n) is 6.20. The first-order valence-corrected chi connectivity index (χ1v) is 9.64. The number of para-hydroxylation sites is 1. The third kappa shape index (κ3) is 3.63. The minimum atomic E-state index is -3.73. The van der Waals surface area contributed by atoms with Crippen molar-refractivity contribution in [2.75, 3.05) is 13.7 Å². The van der Waals surface area contributed by atoms with Crippen molar-refractivity contribution in [3.05, 3.63) is 65.2 Å². The topological polar surface area (TPSA) is 89.7 Å². The van der Waals surface area contributed by atoms with Gasteiger partial charge in [-0.1, -0.05) is 30.3 Å². The summed E-state index contributed by atoms with van der Waals surface area (Å²) in [7, 11) is -2.02. The zero-order chi connectivity index (χ0) is 18.9. The molecule has 0 aliphatic carbocycles. The molecule has 136 valence electrons. The van der Waals surface area contributed by atoms with Gasteiger partial charge in [-0.25, -0.2) is 13.6 Å². The molecule has 0 saturated heterocycles. The summed E-state index contributed by atoms with van der Waals surface area (Å²) in [5, 5.41) is 5.11. The van der Waals surface area contributed by atoms with Gasteiger partial charge in [-0.3, -0.25) is 4.79 Å². The number of nitrogens with zero attached hydrogens (tertiary/aromatic N) is 1. The zero-order valence-electron chi connectivity index (χ0n) is 14.5. The van der Waals surface area contributed by atoms with Gasteiger partial charge in [0.05, 0.1) is 16.5 Å². The number of hydrogen-bond donors (Lipinski definition) is 1. The normalized spacial score (nSPS) is 14.7.